The Balaban J connectivity index is 2.39. The molecular formula is C12H15ClSi. The summed E-state index contributed by atoms with van der Waals surface area (Å²) in [6, 6.07) is 0. The van der Waals surface area contributed by atoms with Gasteiger partial charge in [0.2, 0.25) is 0 Å². The molecule has 0 aromatic carbocycles. The van der Waals surface area contributed by atoms with E-state index in [2.05, 4.69) is 43.5 Å². The van der Waals surface area contributed by atoms with Crippen LogP contribution in [0.25, 0.3) is 0 Å². The maximum atomic E-state index is 6.49. The molecule has 0 radical (unpaired) electrons. The van der Waals surface area contributed by atoms with Crippen LogP contribution in [-0.4, -0.2) is 7.38 Å². The summed E-state index contributed by atoms with van der Waals surface area (Å²) in [7, 11) is -1.66. The Kier molecular flexibility index (Phi) is 2.54. The number of hydrogen-bond acceptors (Lipinski definition) is 0. The van der Waals surface area contributed by atoms with Gasteiger partial charge in [-0.25, -0.2) is 0 Å². The highest BCUT2D eigenvalue weighted by Gasteiger charge is 2.27. The lowest BCUT2D eigenvalue weighted by Gasteiger charge is -2.16. The van der Waals surface area contributed by atoms with Crippen molar-refractivity contribution >= 4 is 18.5 Å². The van der Waals surface area contributed by atoms with Crippen molar-refractivity contribution in [3.05, 3.63) is 46.7 Å². The van der Waals surface area contributed by atoms with Gasteiger partial charge in [0.1, 0.15) is 0 Å². The molecule has 74 valence electrons. The zero-order valence-electron chi connectivity index (χ0n) is 8.68. The fourth-order valence-corrected chi connectivity index (χ4v) is 4.03. The first-order valence-corrected chi connectivity index (χ1v) is 9.06. The molecule has 0 saturated heterocycles. The normalized spacial score (nSPS) is 20.9. The Morgan fingerprint density at radius 2 is 2.00 bits per heavy atom. The molecule has 0 saturated carbocycles. The molecule has 2 aliphatic rings. The van der Waals surface area contributed by atoms with Crippen LogP contribution in [0.5, 0.6) is 0 Å². The molecule has 2 rings (SSSR count). The van der Waals surface area contributed by atoms with E-state index in [1.807, 2.05) is 0 Å². The third-order valence-electron chi connectivity index (χ3n) is 2.69. The average Bonchev–Trinajstić information content (AvgIpc) is 2.73. The number of allylic oxidation sites excluding steroid dienone is 8. The highest BCUT2D eigenvalue weighted by Crippen LogP contribution is 2.35. The summed E-state index contributed by atoms with van der Waals surface area (Å²) in [5, 5.41) is 1.41. The predicted molar refractivity (Wildman–Crippen MR) is 66.0 cm³/mol. The molecule has 0 amide bonds. The summed E-state index contributed by atoms with van der Waals surface area (Å²) < 4.78 is 0. The lowest BCUT2D eigenvalue weighted by atomic mass is 10.1. The summed E-state index contributed by atoms with van der Waals surface area (Å²) in [6.07, 6.45) is 13.3. The fraction of sp³-hybridized carbons (Fsp3) is 0.333. The first kappa shape index (κ1) is 10.0. The van der Waals surface area contributed by atoms with Crippen LogP contribution in [0.2, 0.25) is 13.1 Å². The van der Waals surface area contributed by atoms with Gasteiger partial charge in [-0.1, -0.05) is 43.5 Å². The first-order valence-electron chi connectivity index (χ1n) is 5.05. The van der Waals surface area contributed by atoms with Gasteiger partial charge in [-0.3, -0.25) is 0 Å². The van der Waals surface area contributed by atoms with Crippen molar-refractivity contribution in [1.82, 2.24) is 0 Å². The summed E-state index contributed by atoms with van der Waals surface area (Å²) in [5.41, 5.74) is 2.86. The lowest BCUT2D eigenvalue weighted by molar-refractivity contribution is 1.27. The Hall–Kier alpha value is -0.533. The van der Waals surface area contributed by atoms with Gasteiger partial charge in [0.25, 0.3) is 0 Å². The molecular weight excluding hydrogens is 208 g/mol. The summed E-state index contributed by atoms with van der Waals surface area (Å²) >= 11 is 6.49. The molecule has 0 unspecified atom stereocenters. The van der Waals surface area contributed by atoms with Gasteiger partial charge in [0, 0.05) is 0 Å². The standard InChI is InChI=1S/C12H15ClSi/c1-14(2,13)12-9-5-8-11(12)10-6-3-4-7-10/h3,5-7,9H,4,8H2,1-2H3. The van der Waals surface area contributed by atoms with E-state index in [4.69, 9.17) is 11.1 Å². The molecule has 0 spiro atoms. The van der Waals surface area contributed by atoms with Crippen molar-refractivity contribution < 1.29 is 0 Å². The van der Waals surface area contributed by atoms with Crippen LogP contribution in [0, 0.1) is 0 Å². The average molecular weight is 223 g/mol. The van der Waals surface area contributed by atoms with Crippen LogP contribution in [0.3, 0.4) is 0 Å². The van der Waals surface area contributed by atoms with Crippen LogP contribution in [0.4, 0.5) is 0 Å². The fourth-order valence-electron chi connectivity index (χ4n) is 2.02. The SMILES string of the molecule is C[Si](C)(Cl)C1=C(C2=CCC=C2)CC=C1. The third-order valence-corrected chi connectivity index (χ3v) is 5.05. The molecule has 0 N–H and O–H groups in total. The van der Waals surface area contributed by atoms with E-state index < -0.39 is 7.38 Å². The van der Waals surface area contributed by atoms with Gasteiger partial charge in [0.05, 0.1) is 0 Å². The molecule has 0 heterocycles. The van der Waals surface area contributed by atoms with Gasteiger partial charge in [-0.2, -0.15) is 11.1 Å². The van der Waals surface area contributed by atoms with E-state index in [0.717, 1.165) is 12.8 Å². The van der Waals surface area contributed by atoms with Crippen LogP contribution in [0.15, 0.2) is 46.7 Å². The molecule has 2 heteroatoms. The topological polar surface area (TPSA) is 0 Å². The summed E-state index contributed by atoms with van der Waals surface area (Å²) in [4.78, 5) is 0. The second-order valence-electron chi connectivity index (χ2n) is 4.27. The Labute approximate surface area is 91.4 Å². The van der Waals surface area contributed by atoms with E-state index in [1.54, 1.807) is 0 Å². The Bertz CT molecular complexity index is 364. The van der Waals surface area contributed by atoms with Gasteiger partial charge in [-0.05, 0) is 29.2 Å². The van der Waals surface area contributed by atoms with E-state index in [-0.39, 0.29) is 0 Å². The summed E-state index contributed by atoms with van der Waals surface area (Å²) in [5.74, 6) is 0. The molecule has 0 fully saturated rings. The number of hydrogen-bond donors (Lipinski definition) is 0. The van der Waals surface area contributed by atoms with E-state index in [9.17, 15) is 0 Å². The lowest BCUT2D eigenvalue weighted by Crippen LogP contribution is -2.20. The molecule has 0 nitrogen and oxygen atoms in total. The quantitative estimate of drug-likeness (QED) is 0.487. The van der Waals surface area contributed by atoms with Crippen molar-refractivity contribution in [1.29, 1.82) is 0 Å². The minimum absolute atomic E-state index is 1.06. The minimum Gasteiger partial charge on any atom is -0.162 e. The molecule has 0 bridgehead atoms. The van der Waals surface area contributed by atoms with E-state index in [0.29, 0.717) is 0 Å². The molecule has 0 aliphatic heterocycles. The van der Waals surface area contributed by atoms with Gasteiger partial charge >= 0.3 is 0 Å². The Morgan fingerprint density at radius 1 is 1.21 bits per heavy atom. The van der Waals surface area contributed by atoms with E-state index in [1.165, 1.54) is 16.3 Å². The number of rotatable bonds is 2. The van der Waals surface area contributed by atoms with Gasteiger partial charge < -0.3 is 0 Å². The molecule has 0 aromatic rings. The molecule has 14 heavy (non-hydrogen) atoms. The predicted octanol–water partition coefficient (Wildman–Crippen LogP) is 4.11. The highest BCUT2D eigenvalue weighted by atomic mass is 35.6. The van der Waals surface area contributed by atoms with Gasteiger partial charge in [0.15, 0.2) is 7.38 Å². The van der Waals surface area contributed by atoms with Crippen LogP contribution in [-0.2, 0) is 0 Å². The van der Waals surface area contributed by atoms with Crippen molar-refractivity contribution in [2.45, 2.75) is 25.9 Å². The zero-order chi connectivity index (χ0) is 10.2. The van der Waals surface area contributed by atoms with Crippen molar-refractivity contribution in [2.75, 3.05) is 0 Å². The second kappa shape index (κ2) is 3.56. The van der Waals surface area contributed by atoms with Gasteiger partial charge in [-0.15, -0.1) is 0 Å². The third kappa shape index (κ3) is 1.79. The first-order chi connectivity index (χ1) is 6.59. The highest BCUT2D eigenvalue weighted by molar-refractivity contribution is 7.23. The van der Waals surface area contributed by atoms with E-state index >= 15 is 0 Å². The maximum Gasteiger partial charge on any atom is 0.181 e. The van der Waals surface area contributed by atoms with Crippen molar-refractivity contribution in [3.8, 4) is 0 Å². The van der Waals surface area contributed by atoms with Crippen molar-refractivity contribution in [2.24, 2.45) is 0 Å². The van der Waals surface area contributed by atoms with Crippen molar-refractivity contribution in [3.63, 3.8) is 0 Å². The van der Waals surface area contributed by atoms with Crippen LogP contribution >= 0.6 is 11.1 Å². The molecule has 2 aliphatic carbocycles. The minimum atomic E-state index is -1.66. The zero-order valence-corrected chi connectivity index (χ0v) is 10.4. The smallest absolute Gasteiger partial charge is 0.162 e. The summed E-state index contributed by atoms with van der Waals surface area (Å²) in [6.45, 7) is 4.39. The molecule has 0 aromatic heterocycles. The Morgan fingerprint density at radius 3 is 2.57 bits per heavy atom. The van der Waals surface area contributed by atoms with Crippen LogP contribution in [0.1, 0.15) is 12.8 Å². The second-order valence-corrected chi connectivity index (χ2v) is 10.6. The largest absolute Gasteiger partial charge is 0.181 e. The monoisotopic (exact) mass is 222 g/mol. The van der Waals surface area contributed by atoms with Crippen LogP contribution < -0.4 is 0 Å². The maximum absolute atomic E-state index is 6.49. The molecule has 0 atom stereocenters. The number of halogens is 1.